The van der Waals surface area contributed by atoms with Crippen LogP contribution in [-0.4, -0.2) is 34.8 Å². The zero-order valence-corrected chi connectivity index (χ0v) is 12.7. The monoisotopic (exact) mass is 278 g/mol. The van der Waals surface area contributed by atoms with Crippen LogP contribution in [-0.2, 0) is 9.59 Å². The number of hydrogen-bond donors (Lipinski definition) is 1. The van der Waals surface area contributed by atoms with E-state index >= 15 is 0 Å². The summed E-state index contributed by atoms with van der Waals surface area (Å²) in [5.41, 5.74) is -0.394. The Morgan fingerprint density at radius 2 is 1.80 bits per heavy atom. The number of nitrogens with zero attached hydrogens (tertiary/aromatic N) is 1. The molecule has 4 nitrogen and oxygen atoms in total. The number of nitrogens with one attached hydrogen (secondary N) is 1. The SMILES string of the molecule is CC1(C)CCCC1N1CCC(=O)NC2(CCCC2)C1=O. The number of rotatable bonds is 1. The fourth-order valence-corrected chi connectivity index (χ4v) is 4.48. The fourth-order valence-electron chi connectivity index (χ4n) is 4.48. The first-order chi connectivity index (χ1) is 9.45. The van der Waals surface area contributed by atoms with Gasteiger partial charge in [-0.2, -0.15) is 0 Å². The highest BCUT2D eigenvalue weighted by Crippen LogP contribution is 2.43. The van der Waals surface area contributed by atoms with Gasteiger partial charge in [0.05, 0.1) is 0 Å². The van der Waals surface area contributed by atoms with Crippen molar-refractivity contribution in [3.63, 3.8) is 0 Å². The Hall–Kier alpha value is -1.06. The maximum atomic E-state index is 13.1. The lowest BCUT2D eigenvalue weighted by atomic mass is 9.85. The van der Waals surface area contributed by atoms with E-state index in [0.29, 0.717) is 19.0 Å². The zero-order chi connectivity index (χ0) is 14.4. The van der Waals surface area contributed by atoms with Crippen LogP contribution in [0.4, 0.5) is 0 Å². The van der Waals surface area contributed by atoms with Crippen molar-refractivity contribution in [2.24, 2.45) is 5.41 Å². The van der Waals surface area contributed by atoms with Crippen molar-refractivity contribution in [1.82, 2.24) is 10.2 Å². The topological polar surface area (TPSA) is 49.4 Å². The van der Waals surface area contributed by atoms with Gasteiger partial charge in [0.25, 0.3) is 0 Å². The Morgan fingerprint density at radius 3 is 2.40 bits per heavy atom. The minimum atomic E-state index is -0.577. The standard InChI is InChI=1S/C16H26N2O2/c1-15(2)8-5-6-12(15)18-11-7-13(19)17-16(14(18)20)9-3-4-10-16/h12H,3-11H2,1-2H3,(H,17,19). The van der Waals surface area contributed by atoms with Crippen LogP contribution in [0.1, 0.15) is 65.2 Å². The van der Waals surface area contributed by atoms with Crippen LogP contribution in [0.2, 0.25) is 0 Å². The quantitative estimate of drug-likeness (QED) is 0.799. The van der Waals surface area contributed by atoms with Gasteiger partial charge in [-0.25, -0.2) is 0 Å². The molecule has 3 rings (SSSR count). The second kappa shape index (κ2) is 4.74. The molecule has 1 N–H and O–H groups in total. The van der Waals surface area contributed by atoms with Crippen LogP contribution in [0.3, 0.4) is 0 Å². The van der Waals surface area contributed by atoms with E-state index in [1.165, 1.54) is 12.8 Å². The molecule has 1 unspecified atom stereocenters. The van der Waals surface area contributed by atoms with Gasteiger partial charge in [-0.1, -0.05) is 33.1 Å². The van der Waals surface area contributed by atoms with Gasteiger partial charge in [-0.3, -0.25) is 9.59 Å². The van der Waals surface area contributed by atoms with E-state index in [1.54, 1.807) is 0 Å². The Labute approximate surface area is 121 Å². The fraction of sp³-hybridized carbons (Fsp3) is 0.875. The molecule has 2 aliphatic carbocycles. The summed E-state index contributed by atoms with van der Waals surface area (Å²) >= 11 is 0. The summed E-state index contributed by atoms with van der Waals surface area (Å²) in [5, 5.41) is 3.05. The summed E-state index contributed by atoms with van der Waals surface area (Å²) in [6.07, 6.45) is 7.65. The van der Waals surface area contributed by atoms with Crippen LogP contribution in [0.25, 0.3) is 0 Å². The molecule has 20 heavy (non-hydrogen) atoms. The molecule has 1 aliphatic heterocycles. The summed E-state index contributed by atoms with van der Waals surface area (Å²) < 4.78 is 0. The van der Waals surface area contributed by atoms with Gasteiger partial charge in [0, 0.05) is 19.0 Å². The number of carbonyl (C=O) groups excluding carboxylic acids is 2. The van der Waals surface area contributed by atoms with E-state index < -0.39 is 5.54 Å². The van der Waals surface area contributed by atoms with E-state index in [9.17, 15) is 9.59 Å². The second-order valence-electron chi connectivity index (χ2n) is 7.48. The maximum absolute atomic E-state index is 13.1. The maximum Gasteiger partial charge on any atom is 0.248 e. The van der Waals surface area contributed by atoms with Crippen LogP contribution < -0.4 is 5.32 Å². The first-order valence-corrected chi connectivity index (χ1v) is 8.07. The zero-order valence-electron chi connectivity index (χ0n) is 12.7. The predicted molar refractivity (Wildman–Crippen MR) is 77.1 cm³/mol. The Balaban J connectivity index is 1.90. The van der Waals surface area contributed by atoms with Gasteiger partial charge < -0.3 is 10.2 Å². The van der Waals surface area contributed by atoms with Crippen molar-refractivity contribution in [3.8, 4) is 0 Å². The normalized spacial score (nSPS) is 32.5. The summed E-state index contributed by atoms with van der Waals surface area (Å²) in [6, 6.07) is 0.306. The molecule has 1 atom stereocenters. The molecule has 4 heteroatoms. The average molecular weight is 278 g/mol. The largest absolute Gasteiger partial charge is 0.342 e. The molecule has 2 saturated carbocycles. The van der Waals surface area contributed by atoms with Crippen molar-refractivity contribution >= 4 is 11.8 Å². The molecule has 3 aliphatic rings. The van der Waals surface area contributed by atoms with Gasteiger partial charge in [-0.05, 0) is 31.1 Å². The smallest absolute Gasteiger partial charge is 0.248 e. The van der Waals surface area contributed by atoms with E-state index in [4.69, 9.17) is 0 Å². The summed E-state index contributed by atoms with van der Waals surface area (Å²) in [6.45, 7) is 5.12. The Morgan fingerprint density at radius 1 is 1.10 bits per heavy atom. The van der Waals surface area contributed by atoms with E-state index in [1.807, 2.05) is 0 Å². The van der Waals surface area contributed by atoms with Gasteiger partial charge >= 0.3 is 0 Å². The van der Waals surface area contributed by atoms with Crippen molar-refractivity contribution < 1.29 is 9.59 Å². The lowest BCUT2D eigenvalue weighted by Gasteiger charge is -2.40. The van der Waals surface area contributed by atoms with Crippen LogP contribution in [0, 0.1) is 5.41 Å². The van der Waals surface area contributed by atoms with Crippen molar-refractivity contribution in [2.75, 3.05) is 6.54 Å². The number of carbonyl (C=O) groups is 2. The molecular formula is C16H26N2O2. The molecule has 0 radical (unpaired) electrons. The van der Waals surface area contributed by atoms with E-state index in [-0.39, 0.29) is 17.2 Å². The molecule has 1 heterocycles. The lowest BCUT2D eigenvalue weighted by Crippen LogP contribution is -2.58. The highest BCUT2D eigenvalue weighted by atomic mass is 16.2. The molecule has 0 aromatic rings. The highest BCUT2D eigenvalue weighted by molar-refractivity contribution is 5.94. The summed E-state index contributed by atoms with van der Waals surface area (Å²) in [7, 11) is 0. The third-order valence-electron chi connectivity index (χ3n) is 5.66. The molecule has 112 valence electrons. The summed E-state index contributed by atoms with van der Waals surface area (Å²) in [4.78, 5) is 27.2. The third kappa shape index (κ3) is 2.13. The minimum Gasteiger partial charge on any atom is -0.342 e. The minimum absolute atomic E-state index is 0.0542. The molecule has 1 saturated heterocycles. The predicted octanol–water partition coefficient (Wildman–Crippen LogP) is 2.23. The second-order valence-corrected chi connectivity index (χ2v) is 7.48. The Kier molecular flexibility index (Phi) is 3.30. The number of hydrogen-bond acceptors (Lipinski definition) is 2. The van der Waals surface area contributed by atoms with Crippen LogP contribution in [0.15, 0.2) is 0 Å². The molecule has 0 bridgehead atoms. The van der Waals surface area contributed by atoms with Gasteiger partial charge in [-0.15, -0.1) is 0 Å². The highest BCUT2D eigenvalue weighted by Gasteiger charge is 2.50. The lowest BCUT2D eigenvalue weighted by molar-refractivity contribution is -0.142. The molecule has 1 spiro atoms. The molecular weight excluding hydrogens is 252 g/mol. The molecule has 0 aromatic heterocycles. The molecule has 2 amide bonds. The summed E-state index contributed by atoms with van der Waals surface area (Å²) in [5.74, 6) is 0.249. The molecule has 0 aromatic carbocycles. The third-order valence-corrected chi connectivity index (χ3v) is 5.66. The first kappa shape index (κ1) is 13.9. The van der Waals surface area contributed by atoms with E-state index in [0.717, 1.165) is 32.1 Å². The molecule has 3 fully saturated rings. The van der Waals surface area contributed by atoms with E-state index in [2.05, 4.69) is 24.1 Å². The van der Waals surface area contributed by atoms with Crippen molar-refractivity contribution in [1.29, 1.82) is 0 Å². The van der Waals surface area contributed by atoms with Gasteiger partial charge in [0.15, 0.2) is 0 Å². The van der Waals surface area contributed by atoms with Crippen LogP contribution >= 0.6 is 0 Å². The van der Waals surface area contributed by atoms with Crippen LogP contribution in [0.5, 0.6) is 0 Å². The average Bonchev–Trinajstić information content (AvgIpc) is 2.94. The van der Waals surface area contributed by atoms with Gasteiger partial charge in [0.1, 0.15) is 5.54 Å². The van der Waals surface area contributed by atoms with Crippen molar-refractivity contribution in [2.45, 2.75) is 76.8 Å². The van der Waals surface area contributed by atoms with Crippen molar-refractivity contribution in [3.05, 3.63) is 0 Å². The first-order valence-electron chi connectivity index (χ1n) is 8.07. The Bertz CT molecular complexity index is 424. The van der Waals surface area contributed by atoms with Gasteiger partial charge in [0.2, 0.25) is 11.8 Å². The number of amides is 2.